The first-order chi connectivity index (χ1) is 7.98. The highest BCUT2D eigenvalue weighted by atomic mass is 16.1. The molecule has 0 saturated heterocycles. The summed E-state index contributed by atoms with van der Waals surface area (Å²) in [7, 11) is 0. The normalized spacial score (nSPS) is 24.0. The lowest BCUT2D eigenvalue weighted by Gasteiger charge is -2.25. The zero-order valence-corrected chi connectivity index (χ0v) is 7.92. The van der Waals surface area contributed by atoms with Gasteiger partial charge < -0.3 is 5.32 Å². The van der Waals surface area contributed by atoms with Gasteiger partial charge in [-0.05, 0) is 30.4 Å². The number of rotatable bonds is 1. The SMILES string of the molecule is [2H]C([2H])([2H])C(=O)NC1CCCc2ccccc21. The summed E-state index contributed by atoms with van der Waals surface area (Å²) in [5.74, 6) is -0.862. The Morgan fingerprint density at radius 3 is 3.29 bits per heavy atom. The van der Waals surface area contributed by atoms with Gasteiger partial charge in [0.2, 0.25) is 5.91 Å². The maximum atomic E-state index is 11.5. The van der Waals surface area contributed by atoms with E-state index in [-0.39, 0.29) is 6.04 Å². The summed E-state index contributed by atoms with van der Waals surface area (Å²) in [5.41, 5.74) is 2.26. The van der Waals surface area contributed by atoms with E-state index in [1.165, 1.54) is 5.56 Å². The molecule has 2 rings (SSSR count). The van der Waals surface area contributed by atoms with Crippen LogP contribution in [0.3, 0.4) is 0 Å². The van der Waals surface area contributed by atoms with Crippen LogP contribution >= 0.6 is 0 Å². The first-order valence-electron chi connectivity index (χ1n) is 6.37. The predicted octanol–water partition coefficient (Wildman–Crippen LogP) is 2.20. The predicted molar refractivity (Wildman–Crippen MR) is 55.9 cm³/mol. The molecule has 1 unspecified atom stereocenters. The second-order valence-corrected chi connectivity index (χ2v) is 3.62. The van der Waals surface area contributed by atoms with Gasteiger partial charge in [-0.1, -0.05) is 24.3 Å². The van der Waals surface area contributed by atoms with E-state index < -0.39 is 12.8 Å². The second-order valence-electron chi connectivity index (χ2n) is 3.62. The minimum absolute atomic E-state index is 0.159. The Morgan fingerprint density at radius 2 is 2.43 bits per heavy atom. The Kier molecular flexibility index (Phi) is 1.70. The minimum atomic E-state index is -2.56. The first-order valence-corrected chi connectivity index (χ1v) is 4.87. The lowest BCUT2D eigenvalue weighted by molar-refractivity contribution is -0.119. The van der Waals surface area contributed by atoms with Crippen LogP contribution in [-0.2, 0) is 11.2 Å². The molecule has 2 heteroatoms. The Labute approximate surface area is 88.5 Å². The summed E-state index contributed by atoms with van der Waals surface area (Å²) in [5, 5.41) is 2.61. The number of fused-ring (bicyclic) bond motifs is 1. The third-order valence-electron chi connectivity index (χ3n) is 2.67. The summed E-state index contributed by atoms with van der Waals surface area (Å²) in [6, 6.07) is 7.71. The van der Waals surface area contributed by atoms with Gasteiger partial charge in [0, 0.05) is 11.0 Å². The molecular weight excluding hydrogens is 174 g/mol. The molecule has 0 saturated carbocycles. The summed E-state index contributed by atoms with van der Waals surface area (Å²) in [6.07, 6.45) is 2.78. The van der Waals surface area contributed by atoms with Gasteiger partial charge in [-0.25, -0.2) is 0 Å². The Hall–Kier alpha value is -1.31. The molecule has 0 aliphatic heterocycles. The van der Waals surface area contributed by atoms with Gasteiger partial charge in [-0.15, -0.1) is 0 Å². The van der Waals surface area contributed by atoms with E-state index in [4.69, 9.17) is 4.11 Å². The van der Waals surface area contributed by atoms with Gasteiger partial charge in [0.25, 0.3) is 0 Å². The molecule has 0 spiro atoms. The standard InChI is InChI=1S/C12H15NO/c1-9(14)13-12-8-4-6-10-5-2-3-7-11(10)12/h2-3,5,7,12H,4,6,8H2,1H3,(H,13,14)/i1D3. The summed E-state index contributed by atoms with van der Waals surface area (Å²) in [4.78, 5) is 11.5. The average Bonchev–Trinajstić information content (AvgIpc) is 2.28. The number of hydrogen-bond acceptors (Lipinski definition) is 1. The van der Waals surface area contributed by atoms with Crippen LogP contribution in [0.2, 0.25) is 0 Å². The van der Waals surface area contributed by atoms with E-state index >= 15 is 0 Å². The van der Waals surface area contributed by atoms with Gasteiger partial charge in [0.05, 0.1) is 6.04 Å². The van der Waals surface area contributed by atoms with Gasteiger partial charge in [0.15, 0.2) is 0 Å². The topological polar surface area (TPSA) is 29.1 Å². The third kappa shape index (κ3) is 1.79. The maximum absolute atomic E-state index is 11.5. The van der Waals surface area contributed by atoms with E-state index in [1.54, 1.807) is 0 Å². The fourth-order valence-corrected chi connectivity index (χ4v) is 2.06. The molecule has 1 amide bonds. The fourth-order valence-electron chi connectivity index (χ4n) is 2.06. The zero-order valence-electron chi connectivity index (χ0n) is 10.9. The highest BCUT2D eigenvalue weighted by Crippen LogP contribution is 2.29. The molecule has 74 valence electrons. The zero-order chi connectivity index (χ0) is 12.5. The van der Waals surface area contributed by atoms with Crippen LogP contribution in [0.1, 0.15) is 41.0 Å². The number of benzene rings is 1. The second kappa shape index (κ2) is 3.82. The maximum Gasteiger partial charge on any atom is 0.217 e. The van der Waals surface area contributed by atoms with Crippen molar-refractivity contribution in [3.63, 3.8) is 0 Å². The molecule has 1 aliphatic rings. The van der Waals surface area contributed by atoms with Crippen LogP contribution in [0, 0.1) is 0 Å². The van der Waals surface area contributed by atoms with Crippen LogP contribution < -0.4 is 5.32 Å². The number of aryl methyl sites for hydroxylation is 1. The summed E-state index contributed by atoms with van der Waals surface area (Å²) >= 11 is 0. The molecule has 1 aromatic rings. The molecule has 1 N–H and O–H groups in total. The fraction of sp³-hybridized carbons (Fsp3) is 0.417. The van der Waals surface area contributed by atoms with Crippen molar-refractivity contribution in [1.82, 2.24) is 5.32 Å². The van der Waals surface area contributed by atoms with Crippen LogP contribution in [0.25, 0.3) is 0 Å². The van der Waals surface area contributed by atoms with E-state index in [1.807, 2.05) is 24.3 Å². The Bertz CT molecular complexity index is 428. The van der Waals surface area contributed by atoms with Crippen molar-refractivity contribution in [2.24, 2.45) is 0 Å². The van der Waals surface area contributed by atoms with Crippen LogP contribution in [0.5, 0.6) is 0 Å². The van der Waals surface area contributed by atoms with Crippen molar-refractivity contribution >= 4 is 5.91 Å². The molecule has 1 aliphatic carbocycles. The van der Waals surface area contributed by atoms with Crippen molar-refractivity contribution in [1.29, 1.82) is 0 Å². The minimum Gasteiger partial charge on any atom is -0.350 e. The lowest BCUT2D eigenvalue weighted by Crippen LogP contribution is -2.28. The molecule has 0 bridgehead atoms. The van der Waals surface area contributed by atoms with E-state index in [0.717, 1.165) is 24.8 Å². The molecule has 0 radical (unpaired) electrons. The van der Waals surface area contributed by atoms with Gasteiger partial charge in [-0.3, -0.25) is 4.79 Å². The first kappa shape index (κ1) is 6.23. The smallest absolute Gasteiger partial charge is 0.217 e. The summed E-state index contributed by atoms with van der Waals surface area (Å²) < 4.78 is 21.2. The molecule has 1 aromatic carbocycles. The van der Waals surface area contributed by atoms with Crippen molar-refractivity contribution < 1.29 is 8.91 Å². The molecule has 0 heterocycles. The number of nitrogens with one attached hydrogen (secondary N) is 1. The Morgan fingerprint density at radius 1 is 1.57 bits per heavy atom. The van der Waals surface area contributed by atoms with E-state index in [2.05, 4.69) is 5.32 Å². The lowest BCUT2D eigenvalue weighted by atomic mass is 9.88. The molecule has 0 fully saturated rings. The molecule has 1 atom stereocenters. The van der Waals surface area contributed by atoms with Gasteiger partial charge >= 0.3 is 0 Å². The number of hydrogen-bond donors (Lipinski definition) is 1. The summed E-state index contributed by atoms with van der Waals surface area (Å²) in [6.45, 7) is -2.56. The highest BCUT2D eigenvalue weighted by Gasteiger charge is 2.19. The average molecular weight is 192 g/mol. The van der Waals surface area contributed by atoms with Crippen LogP contribution in [0.4, 0.5) is 0 Å². The van der Waals surface area contributed by atoms with Crippen molar-refractivity contribution in [3.8, 4) is 0 Å². The van der Waals surface area contributed by atoms with Crippen LogP contribution in [-0.4, -0.2) is 5.91 Å². The molecular formula is C12H15NO. The Balaban J connectivity index is 2.17. The van der Waals surface area contributed by atoms with E-state index in [9.17, 15) is 4.79 Å². The van der Waals surface area contributed by atoms with Crippen LogP contribution in [0.15, 0.2) is 24.3 Å². The molecule has 14 heavy (non-hydrogen) atoms. The largest absolute Gasteiger partial charge is 0.350 e. The van der Waals surface area contributed by atoms with E-state index in [0.29, 0.717) is 0 Å². The molecule has 2 nitrogen and oxygen atoms in total. The third-order valence-corrected chi connectivity index (χ3v) is 2.67. The van der Waals surface area contributed by atoms with Gasteiger partial charge in [-0.2, -0.15) is 0 Å². The monoisotopic (exact) mass is 192 g/mol. The van der Waals surface area contributed by atoms with Gasteiger partial charge in [0.1, 0.15) is 0 Å². The number of amides is 1. The molecule has 0 aromatic heterocycles. The van der Waals surface area contributed by atoms with Crippen molar-refractivity contribution in [3.05, 3.63) is 35.4 Å². The number of carbonyl (C=O) groups excluding carboxylic acids is 1. The number of carbonyl (C=O) groups is 1. The highest BCUT2D eigenvalue weighted by molar-refractivity contribution is 5.73. The quantitative estimate of drug-likeness (QED) is 0.726. The van der Waals surface area contributed by atoms with Crippen molar-refractivity contribution in [2.45, 2.75) is 32.2 Å². The van der Waals surface area contributed by atoms with Crippen molar-refractivity contribution in [2.75, 3.05) is 0 Å².